The van der Waals surface area contributed by atoms with Gasteiger partial charge in [-0.15, -0.1) is 24.8 Å². The summed E-state index contributed by atoms with van der Waals surface area (Å²) < 4.78 is 17.0. The van der Waals surface area contributed by atoms with Crippen LogP contribution in [0.1, 0.15) is 31.2 Å². The first-order valence-electron chi connectivity index (χ1n) is 10.3. The van der Waals surface area contributed by atoms with Gasteiger partial charge in [0.1, 0.15) is 18.5 Å². The van der Waals surface area contributed by atoms with Crippen LogP contribution >= 0.6 is 24.8 Å². The molecular weight excluding hydrogens is 429 g/mol. The van der Waals surface area contributed by atoms with Crippen molar-refractivity contribution in [1.29, 1.82) is 0 Å². The number of nitrogens with two attached hydrogens (primary N) is 1. The lowest BCUT2D eigenvalue weighted by Gasteiger charge is -2.31. The number of ether oxygens (including phenoxy) is 3. The number of rotatable bonds is 9. The van der Waals surface area contributed by atoms with Gasteiger partial charge in [0.15, 0.2) is 0 Å². The minimum absolute atomic E-state index is 0. The Labute approximate surface area is 191 Å². The fourth-order valence-electron chi connectivity index (χ4n) is 3.74. The van der Waals surface area contributed by atoms with Gasteiger partial charge >= 0.3 is 0 Å². The van der Waals surface area contributed by atoms with E-state index >= 15 is 0 Å². The van der Waals surface area contributed by atoms with E-state index in [1.54, 1.807) is 0 Å². The first kappa shape index (κ1) is 26.9. The Morgan fingerprint density at radius 3 is 2.70 bits per heavy atom. The van der Waals surface area contributed by atoms with E-state index < -0.39 is 0 Å². The van der Waals surface area contributed by atoms with Gasteiger partial charge < -0.3 is 25.3 Å². The van der Waals surface area contributed by atoms with Gasteiger partial charge in [0.2, 0.25) is 5.91 Å². The summed E-state index contributed by atoms with van der Waals surface area (Å²) in [7, 11) is 2.14. The van der Waals surface area contributed by atoms with E-state index in [0.717, 1.165) is 56.8 Å². The molecule has 2 aliphatic rings. The number of hydrogen-bond donors (Lipinski definition) is 2. The number of carbonyl (C=O) groups is 1. The standard InChI is InChI=1S/C21H33N3O4.2ClH/c1-24(17-7-10-26-11-8-17)9-12-27-18-4-2-3-16(13-18)15-23-21(25)20-6-5-19(14-22)28-20;;/h2-4,13,17,19-20H,5-12,14-15,22H2,1H3,(H,23,25);2*1H/t19-,20+;;/m1../s1. The van der Waals surface area contributed by atoms with Crippen LogP contribution in [0.4, 0.5) is 0 Å². The summed E-state index contributed by atoms with van der Waals surface area (Å²) >= 11 is 0. The zero-order valence-corrected chi connectivity index (χ0v) is 19.2. The first-order valence-corrected chi connectivity index (χ1v) is 10.3. The molecule has 0 spiro atoms. The summed E-state index contributed by atoms with van der Waals surface area (Å²) in [5.74, 6) is 0.757. The molecule has 0 aliphatic carbocycles. The molecule has 172 valence electrons. The highest BCUT2D eigenvalue weighted by atomic mass is 35.5. The van der Waals surface area contributed by atoms with Crippen LogP contribution in [0.15, 0.2) is 24.3 Å². The van der Waals surface area contributed by atoms with Crippen molar-refractivity contribution < 1.29 is 19.0 Å². The van der Waals surface area contributed by atoms with Crippen molar-refractivity contribution in [2.75, 3.05) is 40.0 Å². The van der Waals surface area contributed by atoms with Crippen LogP contribution in [0.5, 0.6) is 5.75 Å². The molecule has 3 rings (SSSR count). The third kappa shape index (κ3) is 8.21. The zero-order valence-electron chi connectivity index (χ0n) is 17.6. The van der Waals surface area contributed by atoms with Crippen molar-refractivity contribution in [3.63, 3.8) is 0 Å². The maximum Gasteiger partial charge on any atom is 0.249 e. The second kappa shape index (κ2) is 14.1. The van der Waals surface area contributed by atoms with E-state index in [9.17, 15) is 4.79 Å². The zero-order chi connectivity index (χ0) is 19.8. The van der Waals surface area contributed by atoms with Crippen molar-refractivity contribution in [2.24, 2.45) is 5.73 Å². The van der Waals surface area contributed by atoms with E-state index in [0.29, 0.717) is 25.7 Å². The first-order chi connectivity index (χ1) is 13.7. The molecule has 1 amide bonds. The quantitative estimate of drug-likeness (QED) is 0.583. The van der Waals surface area contributed by atoms with Crippen molar-refractivity contribution in [3.8, 4) is 5.75 Å². The molecule has 30 heavy (non-hydrogen) atoms. The van der Waals surface area contributed by atoms with Crippen LogP contribution in [0.25, 0.3) is 0 Å². The number of halogens is 2. The van der Waals surface area contributed by atoms with Crippen LogP contribution in [0, 0.1) is 0 Å². The molecule has 0 unspecified atom stereocenters. The lowest BCUT2D eigenvalue weighted by Crippen LogP contribution is -2.38. The minimum Gasteiger partial charge on any atom is -0.492 e. The highest BCUT2D eigenvalue weighted by Crippen LogP contribution is 2.19. The van der Waals surface area contributed by atoms with Crippen LogP contribution in [-0.4, -0.2) is 69.0 Å². The maximum absolute atomic E-state index is 12.2. The molecule has 0 bridgehead atoms. The molecule has 0 radical (unpaired) electrons. The topological polar surface area (TPSA) is 86.1 Å². The van der Waals surface area contributed by atoms with Crippen LogP contribution < -0.4 is 15.8 Å². The summed E-state index contributed by atoms with van der Waals surface area (Å²) in [5, 5.41) is 2.95. The normalized spacial score (nSPS) is 21.6. The molecular formula is C21H35Cl2N3O4. The summed E-state index contributed by atoms with van der Waals surface area (Å²) in [5.41, 5.74) is 6.61. The predicted octanol–water partition coefficient (Wildman–Crippen LogP) is 2.14. The molecule has 2 aliphatic heterocycles. The molecule has 3 N–H and O–H groups in total. The highest BCUT2D eigenvalue weighted by molar-refractivity contribution is 5.85. The smallest absolute Gasteiger partial charge is 0.249 e. The minimum atomic E-state index is -0.381. The monoisotopic (exact) mass is 463 g/mol. The molecule has 7 nitrogen and oxygen atoms in total. The van der Waals surface area contributed by atoms with Gasteiger partial charge in [-0.05, 0) is 50.4 Å². The average Bonchev–Trinajstić information content (AvgIpc) is 3.22. The second-order valence-corrected chi connectivity index (χ2v) is 7.60. The molecule has 2 heterocycles. The number of nitrogens with zero attached hydrogens (tertiary/aromatic N) is 1. The van der Waals surface area contributed by atoms with Gasteiger partial charge in [0.05, 0.1) is 6.10 Å². The summed E-state index contributed by atoms with van der Waals surface area (Å²) in [6.07, 6.45) is 3.38. The van der Waals surface area contributed by atoms with Crippen LogP contribution in [0.2, 0.25) is 0 Å². The second-order valence-electron chi connectivity index (χ2n) is 7.60. The molecule has 2 atom stereocenters. The van der Waals surface area contributed by atoms with Crippen LogP contribution in [-0.2, 0) is 20.8 Å². The van der Waals surface area contributed by atoms with Crippen molar-refractivity contribution >= 4 is 30.7 Å². The summed E-state index contributed by atoms with van der Waals surface area (Å²) in [4.78, 5) is 14.6. The Hall–Kier alpha value is -1.09. The molecule has 2 saturated heterocycles. The molecule has 9 heteroatoms. The number of hydrogen-bond acceptors (Lipinski definition) is 6. The number of nitrogens with one attached hydrogen (secondary N) is 1. The SMILES string of the molecule is CN(CCOc1cccc(CNC(=O)[C@@H]2CC[C@H](CN)O2)c1)C1CCOCC1.Cl.Cl. The van der Waals surface area contributed by atoms with Crippen molar-refractivity contribution in [1.82, 2.24) is 10.2 Å². The highest BCUT2D eigenvalue weighted by Gasteiger charge is 2.29. The fraction of sp³-hybridized carbons (Fsp3) is 0.667. The lowest BCUT2D eigenvalue weighted by atomic mass is 10.1. The van der Waals surface area contributed by atoms with Crippen molar-refractivity contribution in [3.05, 3.63) is 29.8 Å². The summed E-state index contributed by atoms with van der Waals surface area (Å²) in [6, 6.07) is 8.45. The Kier molecular flexibility index (Phi) is 12.6. The molecule has 1 aromatic rings. The Morgan fingerprint density at radius 2 is 2.00 bits per heavy atom. The fourth-order valence-corrected chi connectivity index (χ4v) is 3.74. The maximum atomic E-state index is 12.2. The van der Waals surface area contributed by atoms with Gasteiger partial charge in [-0.2, -0.15) is 0 Å². The van der Waals surface area contributed by atoms with E-state index in [1.807, 2.05) is 24.3 Å². The molecule has 2 fully saturated rings. The van der Waals surface area contributed by atoms with Gasteiger partial charge in [-0.3, -0.25) is 9.69 Å². The Morgan fingerprint density at radius 1 is 1.23 bits per heavy atom. The number of benzene rings is 1. The van der Waals surface area contributed by atoms with E-state index in [2.05, 4.69) is 17.3 Å². The van der Waals surface area contributed by atoms with Gasteiger partial charge in [0.25, 0.3) is 0 Å². The van der Waals surface area contributed by atoms with Gasteiger partial charge in [-0.25, -0.2) is 0 Å². The lowest BCUT2D eigenvalue weighted by molar-refractivity contribution is -0.132. The number of carbonyl (C=O) groups excluding carboxylic acids is 1. The average molecular weight is 464 g/mol. The van der Waals surface area contributed by atoms with E-state index in [1.165, 1.54) is 0 Å². The molecule has 0 saturated carbocycles. The molecule has 1 aromatic carbocycles. The third-order valence-electron chi connectivity index (χ3n) is 5.55. The van der Waals surface area contributed by atoms with Gasteiger partial charge in [0, 0.05) is 38.9 Å². The molecule has 0 aromatic heterocycles. The van der Waals surface area contributed by atoms with Crippen LogP contribution in [0.3, 0.4) is 0 Å². The summed E-state index contributed by atoms with van der Waals surface area (Å²) in [6.45, 7) is 4.15. The largest absolute Gasteiger partial charge is 0.492 e. The van der Waals surface area contributed by atoms with E-state index in [-0.39, 0.29) is 42.9 Å². The third-order valence-corrected chi connectivity index (χ3v) is 5.55. The Bertz CT molecular complexity index is 632. The van der Waals surface area contributed by atoms with E-state index in [4.69, 9.17) is 19.9 Å². The number of amides is 1. The van der Waals surface area contributed by atoms with Crippen molar-refractivity contribution in [2.45, 2.75) is 50.5 Å². The Balaban J connectivity index is 0.00000225. The predicted molar refractivity (Wildman–Crippen MR) is 122 cm³/mol. The van der Waals surface area contributed by atoms with Gasteiger partial charge in [-0.1, -0.05) is 12.1 Å². The number of likely N-dealkylation sites (N-methyl/N-ethyl adjacent to an activating group) is 1.